The van der Waals surface area contributed by atoms with Gasteiger partial charge in [-0.1, -0.05) is 19.1 Å². The number of rotatable bonds is 4. The van der Waals surface area contributed by atoms with Gasteiger partial charge in [-0.2, -0.15) is 0 Å². The Bertz CT molecular complexity index is 641. The monoisotopic (exact) mass is 301 g/mol. The first-order valence-electron chi connectivity index (χ1n) is 8.28. The van der Waals surface area contributed by atoms with Gasteiger partial charge in [0, 0.05) is 13.6 Å². The number of aromatic nitrogens is 2. The molecule has 1 aliphatic carbocycles. The number of fused-ring (bicyclic) bond motifs is 1. The van der Waals surface area contributed by atoms with E-state index in [-0.39, 0.29) is 0 Å². The second-order valence-corrected chi connectivity index (χ2v) is 7.15. The third kappa shape index (κ3) is 3.18. The van der Waals surface area contributed by atoms with E-state index in [1.165, 1.54) is 0 Å². The van der Waals surface area contributed by atoms with Crippen molar-refractivity contribution < 1.29 is 5.11 Å². The molecule has 0 atom stereocenters. The third-order valence-corrected chi connectivity index (χ3v) is 5.06. The Morgan fingerprint density at radius 3 is 2.68 bits per heavy atom. The van der Waals surface area contributed by atoms with E-state index in [2.05, 4.69) is 42.6 Å². The molecule has 0 bridgehead atoms. The van der Waals surface area contributed by atoms with Crippen LogP contribution < -0.4 is 0 Å². The highest BCUT2D eigenvalue weighted by Gasteiger charge is 2.32. The zero-order valence-corrected chi connectivity index (χ0v) is 13.9. The Morgan fingerprint density at radius 1 is 1.32 bits per heavy atom. The van der Waals surface area contributed by atoms with Gasteiger partial charge < -0.3 is 9.67 Å². The molecule has 1 aromatic carbocycles. The topological polar surface area (TPSA) is 41.3 Å². The number of nitrogens with zero attached hydrogens (tertiary/aromatic N) is 3. The Kier molecular flexibility index (Phi) is 4.24. The lowest BCUT2D eigenvalue weighted by molar-refractivity contribution is -0.0319. The predicted octanol–water partition coefficient (Wildman–Crippen LogP) is 2.95. The molecular formula is C18H27N3O. The second kappa shape index (κ2) is 6.01. The third-order valence-electron chi connectivity index (χ3n) is 5.06. The van der Waals surface area contributed by atoms with E-state index in [9.17, 15) is 5.11 Å². The maximum Gasteiger partial charge on any atom is 0.123 e. The van der Waals surface area contributed by atoms with Gasteiger partial charge in [-0.25, -0.2) is 4.98 Å². The summed E-state index contributed by atoms with van der Waals surface area (Å²) in [6.07, 6.45) is 4.11. The Labute approximate surface area is 132 Å². The van der Waals surface area contributed by atoms with Crippen molar-refractivity contribution in [1.29, 1.82) is 0 Å². The van der Waals surface area contributed by atoms with Crippen molar-refractivity contribution in [2.24, 2.45) is 13.0 Å². The van der Waals surface area contributed by atoms with Crippen molar-refractivity contribution in [3.05, 3.63) is 30.1 Å². The number of aryl methyl sites for hydroxylation is 1. The fourth-order valence-corrected chi connectivity index (χ4v) is 3.59. The van der Waals surface area contributed by atoms with E-state index in [1.807, 2.05) is 12.1 Å². The van der Waals surface area contributed by atoms with Crippen LogP contribution in [0.2, 0.25) is 0 Å². The van der Waals surface area contributed by atoms with Crippen molar-refractivity contribution in [3.63, 3.8) is 0 Å². The van der Waals surface area contributed by atoms with Crippen LogP contribution in [0.3, 0.4) is 0 Å². The molecule has 1 saturated carbocycles. The molecule has 1 aromatic heterocycles. The van der Waals surface area contributed by atoms with Gasteiger partial charge in [-0.05, 0) is 50.8 Å². The minimum Gasteiger partial charge on any atom is -0.389 e. The van der Waals surface area contributed by atoms with E-state index in [0.717, 1.165) is 61.5 Å². The zero-order chi connectivity index (χ0) is 15.7. The van der Waals surface area contributed by atoms with Gasteiger partial charge in [0.1, 0.15) is 5.82 Å². The molecule has 22 heavy (non-hydrogen) atoms. The van der Waals surface area contributed by atoms with Gasteiger partial charge in [-0.3, -0.25) is 4.90 Å². The van der Waals surface area contributed by atoms with Crippen molar-refractivity contribution >= 4 is 11.0 Å². The number of hydrogen-bond acceptors (Lipinski definition) is 3. The molecule has 3 rings (SSSR count). The van der Waals surface area contributed by atoms with Crippen molar-refractivity contribution in [3.8, 4) is 0 Å². The normalized spacial score (nSPS) is 26.0. The molecule has 1 N–H and O–H groups in total. The number of benzene rings is 1. The van der Waals surface area contributed by atoms with E-state index >= 15 is 0 Å². The first kappa shape index (κ1) is 15.5. The maximum atomic E-state index is 10.8. The van der Waals surface area contributed by atoms with Crippen LogP contribution in [0.4, 0.5) is 0 Å². The van der Waals surface area contributed by atoms with E-state index in [4.69, 9.17) is 4.98 Å². The molecule has 0 unspecified atom stereocenters. The SMILES string of the molecule is CC1CCC(O)(CN(C)Cc2nc3ccccc3n2C)CC1. The van der Waals surface area contributed by atoms with Crippen LogP contribution >= 0.6 is 0 Å². The van der Waals surface area contributed by atoms with Gasteiger partial charge in [-0.15, -0.1) is 0 Å². The highest BCUT2D eigenvalue weighted by atomic mass is 16.3. The molecule has 0 amide bonds. The minimum atomic E-state index is -0.522. The Morgan fingerprint density at radius 2 is 2.00 bits per heavy atom. The molecule has 1 fully saturated rings. The van der Waals surface area contributed by atoms with Crippen LogP contribution in [0.15, 0.2) is 24.3 Å². The lowest BCUT2D eigenvalue weighted by Crippen LogP contribution is -2.44. The molecule has 0 spiro atoms. The van der Waals surface area contributed by atoms with Gasteiger partial charge in [0.05, 0.1) is 23.2 Å². The van der Waals surface area contributed by atoms with Crippen molar-refractivity contribution in [2.75, 3.05) is 13.6 Å². The summed E-state index contributed by atoms with van der Waals surface area (Å²) in [5, 5.41) is 10.8. The Hall–Kier alpha value is -1.39. The summed E-state index contributed by atoms with van der Waals surface area (Å²) in [6.45, 7) is 3.77. The smallest absolute Gasteiger partial charge is 0.123 e. The fourth-order valence-electron chi connectivity index (χ4n) is 3.59. The van der Waals surface area contributed by atoms with E-state index < -0.39 is 5.60 Å². The molecule has 0 radical (unpaired) electrons. The molecule has 4 nitrogen and oxygen atoms in total. The van der Waals surface area contributed by atoms with E-state index in [1.54, 1.807) is 0 Å². The molecule has 0 saturated heterocycles. The average Bonchev–Trinajstić information content (AvgIpc) is 2.79. The summed E-state index contributed by atoms with van der Waals surface area (Å²) < 4.78 is 2.15. The zero-order valence-electron chi connectivity index (χ0n) is 13.9. The molecule has 4 heteroatoms. The summed E-state index contributed by atoms with van der Waals surface area (Å²) in [4.78, 5) is 6.93. The number of aliphatic hydroxyl groups is 1. The van der Waals surface area contributed by atoms with Crippen LogP contribution in [-0.2, 0) is 13.6 Å². The summed E-state index contributed by atoms with van der Waals surface area (Å²) in [5.41, 5.74) is 1.68. The maximum absolute atomic E-state index is 10.8. The molecule has 1 heterocycles. The Balaban J connectivity index is 1.68. The summed E-state index contributed by atoms with van der Waals surface area (Å²) in [7, 11) is 4.14. The number of para-hydroxylation sites is 2. The summed E-state index contributed by atoms with van der Waals surface area (Å²) >= 11 is 0. The summed E-state index contributed by atoms with van der Waals surface area (Å²) in [6, 6.07) is 8.22. The van der Waals surface area contributed by atoms with Crippen LogP contribution in [-0.4, -0.2) is 38.8 Å². The van der Waals surface area contributed by atoms with Crippen LogP contribution in [0.25, 0.3) is 11.0 Å². The second-order valence-electron chi connectivity index (χ2n) is 7.15. The lowest BCUT2D eigenvalue weighted by Gasteiger charge is -2.37. The minimum absolute atomic E-state index is 0.522. The first-order chi connectivity index (χ1) is 10.5. The van der Waals surface area contributed by atoms with Crippen LogP contribution in [0.1, 0.15) is 38.4 Å². The number of imidazole rings is 1. The lowest BCUT2D eigenvalue weighted by atomic mass is 9.79. The highest BCUT2D eigenvalue weighted by molar-refractivity contribution is 5.75. The van der Waals surface area contributed by atoms with Crippen molar-refractivity contribution in [2.45, 2.75) is 44.8 Å². The summed E-state index contributed by atoms with van der Waals surface area (Å²) in [5.74, 6) is 1.81. The van der Waals surface area contributed by atoms with Gasteiger partial charge in [0.15, 0.2) is 0 Å². The molecule has 0 aliphatic heterocycles. The highest BCUT2D eigenvalue weighted by Crippen LogP contribution is 2.32. The van der Waals surface area contributed by atoms with Gasteiger partial charge >= 0.3 is 0 Å². The first-order valence-corrected chi connectivity index (χ1v) is 8.28. The fraction of sp³-hybridized carbons (Fsp3) is 0.611. The van der Waals surface area contributed by atoms with Crippen LogP contribution in [0.5, 0.6) is 0 Å². The average molecular weight is 301 g/mol. The van der Waals surface area contributed by atoms with Crippen LogP contribution in [0, 0.1) is 5.92 Å². The number of hydrogen-bond donors (Lipinski definition) is 1. The number of likely N-dealkylation sites (N-methyl/N-ethyl adjacent to an activating group) is 1. The largest absolute Gasteiger partial charge is 0.389 e. The molecule has 120 valence electrons. The predicted molar refractivity (Wildman–Crippen MR) is 89.6 cm³/mol. The quantitative estimate of drug-likeness (QED) is 0.944. The van der Waals surface area contributed by atoms with Gasteiger partial charge in [0.25, 0.3) is 0 Å². The standard InChI is InChI=1S/C18H27N3O/c1-14-8-10-18(22,11-9-14)13-20(2)12-17-19-15-6-4-5-7-16(15)21(17)3/h4-7,14,22H,8-13H2,1-3H3. The van der Waals surface area contributed by atoms with Gasteiger partial charge in [0.2, 0.25) is 0 Å². The molecular weight excluding hydrogens is 274 g/mol. The van der Waals surface area contributed by atoms with E-state index in [0.29, 0.717) is 0 Å². The molecule has 2 aromatic rings. The molecule has 1 aliphatic rings. The van der Waals surface area contributed by atoms with Crippen molar-refractivity contribution in [1.82, 2.24) is 14.5 Å².